The first kappa shape index (κ1) is 23.8. The maximum Gasteiger partial charge on any atom is 0.163 e. The molecule has 1 fully saturated rings. The van der Waals surface area contributed by atoms with E-state index in [1.165, 1.54) is 6.33 Å². The van der Waals surface area contributed by atoms with E-state index < -0.39 is 0 Å². The number of benzene rings is 2. The number of nitrogens with one attached hydrogen (secondary N) is 1. The van der Waals surface area contributed by atoms with E-state index in [1.807, 2.05) is 18.2 Å². The van der Waals surface area contributed by atoms with Crippen LogP contribution in [0.25, 0.3) is 10.9 Å². The Hall–Kier alpha value is -2.32. The van der Waals surface area contributed by atoms with Gasteiger partial charge in [-0.3, -0.25) is 0 Å². The van der Waals surface area contributed by atoms with Gasteiger partial charge >= 0.3 is 0 Å². The fraction of sp³-hybridized carbons (Fsp3) is 0.417. The Morgan fingerprint density at radius 3 is 2.73 bits per heavy atom. The average molecular weight is 491 g/mol. The largest absolute Gasteiger partial charge is 0.493 e. The van der Waals surface area contributed by atoms with Gasteiger partial charge < -0.3 is 24.4 Å². The second-order valence-corrected chi connectivity index (χ2v) is 9.36. The van der Waals surface area contributed by atoms with Crippen molar-refractivity contribution in [1.29, 1.82) is 0 Å². The van der Waals surface area contributed by atoms with Crippen LogP contribution in [0.4, 0.5) is 11.5 Å². The minimum Gasteiger partial charge on any atom is -0.493 e. The molecule has 0 amide bonds. The molecule has 4 rings (SSSR count). The Bertz CT molecular complexity index is 1150. The molecule has 176 valence electrons. The van der Waals surface area contributed by atoms with E-state index in [0.717, 1.165) is 36.1 Å². The standard InChI is InChI=1S/C24H28Cl2N4O3/c1-5-24(2)13-30(3)11-16(33-24)12-32-22-10-20-17(9-21(22)31-4)23(28-14-27-20)29-15-6-7-18(25)19(26)8-15/h6-10,14,16H,5,11-13H2,1-4H3,(H,27,28,29). The summed E-state index contributed by atoms with van der Waals surface area (Å²) in [5.74, 6) is 1.83. The molecule has 33 heavy (non-hydrogen) atoms. The summed E-state index contributed by atoms with van der Waals surface area (Å²) < 4.78 is 18.1. The number of nitrogens with zero attached hydrogens (tertiary/aromatic N) is 3. The molecule has 2 unspecified atom stereocenters. The van der Waals surface area contributed by atoms with Crippen LogP contribution in [-0.2, 0) is 4.74 Å². The topological polar surface area (TPSA) is 68.7 Å². The number of likely N-dealkylation sites (N-methyl/N-ethyl adjacent to an activating group) is 1. The van der Waals surface area contributed by atoms with E-state index in [9.17, 15) is 0 Å². The van der Waals surface area contributed by atoms with Crippen LogP contribution in [0.5, 0.6) is 11.5 Å². The van der Waals surface area contributed by atoms with Gasteiger partial charge in [0.25, 0.3) is 0 Å². The van der Waals surface area contributed by atoms with Crippen molar-refractivity contribution in [3.63, 3.8) is 0 Å². The molecule has 0 aliphatic carbocycles. The molecular weight excluding hydrogens is 463 g/mol. The van der Waals surface area contributed by atoms with Crippen molar-refractivity contribution < 1.29 is 14.2 Å². The number of aromatic nitrogens is 2. The lowest BCUT2D eigenvalue weighted by Gasteiger charge is -2.42. The molecule has 3 aromatic rings. The molecular formula is C24H28Cl2N4O3. The SMILES string of the molecule is CCC1(C)CN(C)CC(COc2cc3ncnc(Nc4ccc(Cl)c(Cl)c4)c3cc2OC)O1. The first-order valence-electron chi connectivity index (χ1n) is 10.8. The fourth-order valence-electron chi connectivity index (χ4n) is 4.07. The van der Waals surface area contributed by atoms with Crippen molar-refractivity contribution in [2.75, 3.05) is 39.2 Å². The van der Waals surface area contributed by atoms with E-state index in [1.54, 1.807) is 19.2 Å². The summed E-state index contributed by atoms with van der Waals surface area (Å²) in [5.41, 5.74) is 1.32. The first-order valence-corrected chi connectivity index (χ1v) is 11.6. The van der Waals surface area contributed by atoms with E-state index in [0.29, 0.717) is 34.0 Å². The molecule has 7 nitrogen and oxygen atoms in total. The van der Waals surface area contributed by atoms with Crippen molar-refractivity contribution in [2.24, 2.45) is 0 Å². The van der Waals surface area contributed by atoms with Crippen molar-refractivity contribution in [3.05, 3.63) is 46.7 Å². The van der Waals surface area contributed by atoms with Crippen LogP contribution in [0.15, 0.2) is 36.7 Å². The fourth-order valence-corrected chi connectivity index (χ4v) is 4.37. The van der Waals surface area contributed by atoms with E-state index in [2.05, 4.69) is 41.1 Å². The van der Waals surface area contributed by atoms with Gasteiger partial charge in [0, 0.05) is 30.2 Å². The lowest BCUT2D eigenvalue weighted by molar-refractivity contribution is -0.151. The number of ether oxygens (including phenoxy) is 3. The van der Waals surface area contributed by atoms with E-state index in [4.69, 9.17) is 37.4 Å². The monoisotopic (exact) mass is 490 g/mol. The third-order valence-electron chi connectivity index (χ3n) is 5.85. The molecule has 2 atom stereocenters. The molecule has 9 heteroatoms. The Balaban J connectivity index is 1.57. The van der Waals surface area contributed by atoms with Crippen LogP contribution in [0, 0.1) is 0 Å². The molecule has 0 saturated carbocycles. The second-order valence-electron chi connectivity index (χ2n) is 8.55. The van der Waals surface area contributed by atoms with Gasteiger partial charge in [0.2, 0.25) is 0 Å². The van der Waals surface area contributed by atoms with Crippen molar-refractivity contribution in [3.8, 4) is 11.5 Å². The Morgan fingerprint density at radius 1 is 1.18 bits per heavy atom. The lowest BCUT2D eigenvalue weighted by atomic mass is 10.00. The molecule has 0 spiro atoms. The zero-order chi connectivity index (χ0) is 23.6. The highest BCUT2D eigenvalue weighted by Gasteiger charge is 2.34. The average Bonchev–Trinajstić information content (AvgIpc) is 2.79. The van der Waals surface area contributed by atoms with Gasteiger partial charge in [0.05, 0.1) is 28.3 Å². The smallest absolute Gasteiger partial charge is 0.163 e. The van der Waals surface area contributed by atoms with Crippen LogP contribution < -0.4 is 14.8 Å². The Kier molecular flexibility index (Phi) is 7.14. The second kappa shape index (κ2) is 9.89. The number of anilines is 2. The molecule has 2 aromatic carbocycles. The molecule has 0 bridgehead atoms. The third-order valence-corrected chi connectivity index (χ3v) is 6.59. The molecule has 0 radical (unpaired) electrons. The summed E-state index contributed by atoms with van der Waals surface area (Å²) in [4.78, 5) is 11.1. The molecule has 1 aliphatic heterocycles. The summed E-state index contributed by atoms with van der Waals surface area (Å²) in [7, 11) is 3.72. The van der Waals surface area contributed by atoms with Gasteiger partial charge in [-0.1, -0.05) is 30.1 Å². The van der Waals surface area contributed by atoms with Gasteiger partial charge in [0.1, 0.15) is 24.9 Å². The van der Waals surface area contributed by atoms with Gasteiger partial charge in [-0.15, -0.1) is 0 Å². The van der Waals surface area contributed by atoms with Crippen molar-refractivity contribution in [1.82, 2.24) is 14.9 Å². The predicted octanol–water partition coefficient (Wildman–Crippen LogP) is 5.57. The number of methoxy groups -OCH3 is 1. The minimum absolute atomic E-state index is 0.0358. The third kappa shape index (κ3) is 5.44. The Morgan fingerprint density at radius 2 is 2.00 bits per heavy atom. The number of morpholine rings is 1. The molecule has 1 aliphatic rings. The molecule has 1 aromatic heterocycles. The van der Waals surface area contributed by atoms with Crippen LogP contribution in [0.1, 0.15) is 20.3 Å². The maximum absolute atomic E-state index is 6.32. The van der Waals surface area contributed by atoms with Crippen LogP contribution in [0.2, 0.25) is 10.0 Å². The summed E-state index contributed by atoms with van der Waals surface area (Å²) >= 11 is 12.2. The highest BCUT2D eigenvalue weighted by molar-refractivity contribution is 6.42. The normalized spacial score (nSPS) is 21.2. The minimum atomic E-state index is -0.174. The van der Waals surface area contributed by atoms with Gasteiger partial charge in [0.15, 0.2) is 11.5 Å². The number of rotatable bonds is 7. The van der Waals surface area contributed by atoms with Crippen molar-refractivity contribution in [2.45, 2.75) is 32.0 Å². The number of halogens is 2. The summed E-state index contributed by atoms with van der Waals surface area (Å²) in [6, 6.07) is 9.05. The van der Waals surface area contributed by atoms with Gasteiger partial charge in [-0.2, -0.15) is 0 Å². The maximum atomic E-state index is 6.32. The Labute approximate surface area is 204 Å². The van der Waals surface area contributed by atoms with E-state index >= 15 is 0 Å². The van der Waals surface area contributed by atoms with Gasteiger partial charge in [-0.25, -0.2) is 9.97 Å². The summed E-state index contributed by atoms with van der Waals surface area (Å²) in [6.45, 7) is 6.43. The van der Waals surface area contributed by atoms with Crippen molar-refractivity contribution >= 4 is 45.6 Å². The zero-order valence-corrected chi connectivity index (χ0v) is 20.7. The van der Waals surface area contributed by atoms with E-state index in [-0.39, 0.29) is 11.7 Å². The van der Waals surface area contributed by atoms with Crippen LogP contribution >= 0.6 is 23.2 Å². The number of hydrogen-bond donors (Lipinski definition) is 1. The highest BCUT2D eigenvalue weighted by Crippen LogP contribution is 2.36. The number of hydrogen-bond acceptors (Lipinski definition) is 7. The van der Waals surface area contributed by atoms with Crippen LogP contribution in [0.3, 0.4) is 0 Å². The quantitative estimate of drug-likeness (QED) is 0.464. The highest BCUT2D eigenvalue weighted by atomic mass is 35.5. The predicted molar refractivity (Wildman–Crippen MR) is 132 cm³/mol. The summed E-state index contributed by atoms with van der Waals surface area (Å²) in [5, 5.41) is 5.02. The van der Waals surface area contributed by atoms with Gasteiger partial charge in [-0.05, 0) is 44.7 Å². The molecule has 2 heterocycles. The lowest BCUT2D eigenvalue weighted by Crippen LogP contribution is -2.54. The van der Waals surface area contributed by atoms with Crippen LogP contribution in [-0.4, -0.2) is 60.4 Å². The molecule has 1 saturated heterocycles. The first-order chi connectivity index (χ1) is 15.8. The zero-order valence-electron chi connectivity index (χ0n) is 19.2. The number of fused-ring (bicyclic) bond motifs is 1. The molecule has 1 N–H and O–H groups in total. The summed E-state index contributed by atoms with van der Waals surface area (Å²) in [6.07, 6.45) is 2.41.